The highest BCUT2D eigenvalue weighted by atomic mass is 19.1. The number of hydrogen-bond donors (Lipinski definition) is 2. The van der Waals surface area contributed by atoms with Crippen LogP contribution in [0.5, 0.6) is 5.75 Å². The molecule has 2 aliphatic rings. The normalized spacial score (nSPS) is 21.4. The molecule has 32 heavy (non-hydrogen) atoms. The number of carbonyl (C=O) groups excluding carboxylic acids is 1. The van der Waals surface area contributed by atoms with Gasteiger partial charge in [0.2, 0.25) is 0 Å². The molecule has 1 amide bonds. The van der Waals surface area contributed by atoms with Gasteiger partial charge in [-0.15, -0.1) is 0 Å². The van der Waals surface area contributed by atoms with Crippen LogP contribution in [0.15, 0.2) is 42.5 Å². The number of aliphatic hydroxyl groups excluding tert-OH is 1. The first-order valence-electron chi connectivity index (χ1n) is 11.8. The predicted octanol–water partition coefficient (Wildman–Crippen LogP) is 5.84. The third-order valence-corrected chi connectivity index (χ3v) is 6.69. The summed E-state index contributed by atoms with van der Waals surface area (Å²) in [5.41, 5.74) is 2.94. The van der Waals surface area contributed by atoms with Gasteiger partial charge in [0.05, 0.1) is 6.10 Å². The van der Waals surface area contributed by atoms with E-state index in [0.717, 1.165) is 23.1 Å². The van der Waals surface area contributed by atoms with Crippen LogP contribution >= 0.6 is 0 Å². The second-order valence-electron chi connectivity index (χ2n) is 9.62. The smallest absolute Gasteiger partial charge is 0.253 e. The molecule has 5 heteroatoms. The predicted molar refractivity (Wildman–Crippen MR) is 125 cm³/mol. The lowest BCUT2D eigenvalue weighted by Gasteiger charge is -2.29. The summed E-state index contributed by atoms with van der Waals surface area (Å²) in [6.45, 7) is 7.56. The van der Waals surface area contributed by atoms with Gasteiger partial charge in [-0.3, -0.25) is 4.79 Å². The maximum Gasteiger partial charge on any atom is 0.253 e. The number of carbonyl (C=O) groups is 1. The maximum absolute atomic E-state index is 12.5. The summed E-state index contributed by atoms with van der Waals surface area (Å²) < 4.78 is 12.5. The fourth-order valence-electron chi connectivity index (χ4n) is 4.66. The number of rotatable bonds is 3. The molecule has 2 atom stereocenters. The number of aromatic hydroxyl groups is 1. The SMILES string of the molecule is CC(C)c1ccc(F)cc1O.CC1CC[C@H](c2ccc(C(=O)N3CCC(O)CC3)cc2)C1. The van der Waals surface area contributed by atoms with Crippen molar-refractivity contribution in [2.24, 2.45) is 5.92 Å². The van der Waals surface area contributed by atoms with E-state index in [9.17, 15) is 19.4 Å². The number of hydrogen-bond acceptors (Lipinski definition) is 3. The molecule has 1 saturated heterocycles. The van der Waals surface area contributed by atoms with Crippen molar-refractivity contribution in [1.29, 1.82) is 0 Å². The summed E-state index contributed by atoms with van der Waals surface area (Å²) in [5, 5.41) is 18.7. The molecule has 4 rings (SSSR count). The molecule has 2 fully saturated rings. The quantitative estimate of drug-likeness (QED) is 0.629. The number of benzene rings is 2. The van der Waals surface area contributed by atoms with Gasteiger partial charge in [0.1, 0.15) is 11.6 Å². The van der Waals surface area contributed by atoms with E-state index >= 15 is 0 Å². The molecule has 0 aromatic heterocycles. The summed E-state index contributed by atoms with van der Waals surface area (Å²) in [7, 11) is 0. The van der Waals surface area contributed by atoms with E-state index < -0.39 is 5.82 Å². The largest absolute Gasteiger partial charge is 0.508 e. The van der Waals surface area contributed by atoms with Crippen LogP contribution in [0, 0.1) is 11.7 Å². The van der Waals surface area contributed by atoms with E-state index in [2.05, 4.69) is 19.1 Å². The van der Waals surface area contributed by atoms with E-state index in [1.807, 2.05) is 30.9 Å². The highest BCUT2D eigenvalue weighted by Gasteiger charge is 2.24. The van der Waals surface area contributed by atoms with Gasteiger partial charge in [0.15, 0.2) is 0 Å². The molecule has 2 N–H and O–H groups in total. The Hall–Kier alpha value is -2.40. The van der Waals surface area contributed by atoms with Gasteiger partial charge in [-0.25, -0.2) is 4.39 Å². The van der Waals surface area contributed by atoms with E-state index in [0.29, 0.717) is 31.8 Å². The maximum atomic E-state index is 12.5. The number of nitrogens with zero attached hydrogens (tertiary/aromatic N) is 1. The van der Waals surface area contributed by atoms with Crippen LogP contribution in [0.25, 0.3) is 0 Å². The van der Waals surface area contributed by atoms with E-state index in [1.165, 1.54) is 30.9 Å². The van der Waals surface area contributed by atoms with Crippen molar-refractivity contribution >= 4 is 5.91 Å². The van der Waals surface area contributed by atoms with Crippen molar-refractivity contribution in [3.8, 4) is 5.75 Å². The van der Waals surface area contributed by atoms with E-state index in [-0.39, 0.29) is 23.7 Å². The minimum atomic E-state index is -0.396. The molecule has 1 saturated carbocycles. The first-order chi connectivity index (χ1) is 15.2. The van der Waals surface area contributed by atoms with Gasteiger partial charge in [-0.05, 0) is 72.8 Å². The van der Waals surface area contributed by atoms with Crippen molar-refractivity contribution in [2.75, 3.05) is 13.1 Å². The van der Waals surface area contributed by atoms with Crippen molar-refractivity contribution in [3.63, 3.8) is 0 Å². The lowest BCUT2D eigenvalue weighted by atomic mass is 9.95. The van der Waals surface area contributed by atoms with Crippen LogP contribution in [-0.4, -0.2) is 40.2 Å². The Bertz CT molecular complexity index is 888. The van der Waals surface area contributed by atoms with Gasteiger partial charge < -0.3 is 15.1 Å². The zero-order chi connectivity index (χ0) is 23.3. The van der Waals surface area contributed by atoms with Gasteiger partial charge >= 0.3 is 0 Å². The molecule has 1 aliphatic heterocycles. The number of amides is 1. The van der Waals surface area contributed by atoms with Gasteiger partial charge in [-0.1, -0.05) is 45.4 Å². The molecule has 4 nitrogen and oxygen atoms in total. The first-order valence-corrected chi connectivity index (χ1v) is 11.8. The van der Waals surface area contributed by atoms with Crippen LogP contribution in [0.1, 0.15) is 86.2 Å². The molecule has 2 aromatic rings. The number of phenolic OH excluding ortho intramolecular Hbond substituents is 1. The van der Waals surface area contributed by atoms with Crippen LogP contribution in [-0.2, 0) is 0 Å². The Kier molecular flexibility index (Phi) is 8.30. The summed E-state index contributed by atoms with van der Waals surface area (Å²) in [4.78, 5) is 14.3. The fourth-order valence-corrected chi connectivity index (χ4v) is 4.66. The number of aliphatic hydroxyl groups is 1. The fraction of sp³-hybridized carbons (Fsp3) is 0.519. The first kappa shape index (κ1) is 24.2. The molecule has 1 aliphatic carbocycles. The third-order valence-electron chi connectivity index (χ3n) is 6.69. The Morgan fingerprint density at radius 2 is 1.69 bits per heavy atom. The van der Waals surface area contributed by atoms with Gasteiger partial charge in [0.25, 0.3) is 5.91 Å². The van der Waals surface area contributed by atoms with E-state index in [4.69, 9.17) is 0 Å². The molecule has 0 bridgehead atoms. The third kappa shape index (κ3) is 6.32. The molecule has 1 heterocycles. The molecular weight excluding hydrogens is 405 g/mol. The molecule has 174 valence electrons. The van der Waals surface area contributed by atoms with E-state index in [1.54, 1.807) is 6.07 Å². The summed E-state index contributed by atoms with van der Waals surface area (Å²) in [5.74, 6) is 1.49. The average Bonchev–Trinajstić information content (AvgIpc) is 3.20. The highest BCUT2D eigenvalue weighted by molar-refractivity contribution is 5.94. The summed E-state index contributed by atoms with van der Waals surface area (Å²) in [6.07, 6.45) is 5.03. The number of likely N-dealkylation sites (tertiary alicyclic amines) is 1. The van der Waals surface area contributed by atoms with Crippen LogP contribution in [0.4, 0.5) is 4.39 Å². The number of phenols is 1. The minimum absolute atomic E-state index is 0.0417. The van der Waals surface area contributed by atoms with Crippen molar-refractivity contribution < 1.29 is 19.4 Å². The molecule has 2 aromatic carbocycles. The van der Waals surface area contributed by atoms with Crippen molar-refractivity contribution in [1.82, 2.24) is 4.90 Å². The van der Waals surface area contributed by atoms with Gasteiger partial charge in [-0.2, -0.15) is 0 Å². The lowest BCUT2D eigenvalue weighted by molar-refractivity contribution is 0.0546. The Balaban J connectivity index is 0.000000222. The monoisotopic (exact) mass is 441 g/mol. The Labute approximate surface area is 191 Å². The Morgan fingerprint density at radius 1 is 1.03 bits per heavy atom. The molecule has 1 unspecified atom stereocenters. The second kappa shape index (κ2) is 11.0. The topological polar surface area (TPSA) is 60.8 Å². The van der Waals surface area contributed by atoms with Crippen molar-refractivity contribution in [3.05, 3.63) is 65.0 Å². The lowest BCUT2D eigenvalue weighted by Crippen LogP contribution is -2.40. The van der Waals surface area contributed by atoms with Crippen LogP contribution in [0.3, 0.4) is 0 Å². The van der Waals surface area contributed by atoms with Gasteiger partial charge in [0, 0.05) is 24.7 Å². The standard InChI is InChI=1S/C18H25NO2.C9H11FO/c1-13-2-3-16(12-13)14-4-6-15(7-5-14)18(21)19-10-8-17(20)9-11-19;1-6(2)8-4-3-7(10)5-9(8)11/h4-7,13,16-17,20H,2-3,8-12H2,1H3;3-6,11H,1-2H3/t13?,16-;/m0./s1. The highest BCUT2D eigenvalue weighted by Crippen LogP contribution is 2.37. The average molecular weight is 442 g/mol. The molecule has 0 radical (unpaired) electrons. The number of halogens is 1. The summed E-state index contributed by atoms with van der Waals surface area (Å²) >= 11 is 0. The summed E-state index contributed by atoms with van der Waals surface area (Å²) in [6, 6.07) is 12.3. The van der Waals surface area contributed by atoms with Crippen LogP contribution < -0.4 is 0 Å². The van der Waals surface area contributed by atoms with Crippen LogP contribution in [0.2, 0.25) is 0 Å². The Morgan fingerprint density at radius 3 is 2.22 bits per heavy atom. The zero-order valence-corrected chi connectivity index (χ0v) is 19.4. The zero-order valence-electron chi connectivity index (χ0n) is 19.4. The minimum Gasteiger partial charge on any atom is -0.508 e. The molecular formula is C27H36FNO3. The van der Waals surface area contributed by atoms with Crippen molar-refractivity contribution in [2.45, 2.75) is 70.8 Å². The molecule has 0 spiro atoms. The second-order valence-corrected chi connectivity index (χ2v) is 9.62. The number of piperidine rings is 1.